The van der Waals surface area contributed by atoms with E-state index in [-0.39, 0.29) is 5.56 Å². The Balaban J connectivity index is 3.03. The molecule has 0 aliphatic heterocycles. The molecule has 0 spiro atoms. The van der Waals surface area contributed by atoms with Crippen LogP contribution in [0.1, 0.15) is 38.1 Å². The van der Waals surface area contributed by atoms with Gasteiger partial charge >= 0.3 is 0 Å². The molecule has 3 nitrogen and oxygen atoms in total. The summed E-state index contributed by atoms with van der Waals surface area (Å²) in [6.07, 6.45) is 0. The van der Waals surface area contributed by atoms with Gasteiger partial charge < -0.3 is 10.4 Å². The van der Waals surface area contributed by atoms with Gasteiger partial charge in [-0.1, -0.05) is 0 Å². The molecule has 0 heterocycles. The van der Waals surface area contributed by atoms with E-state index in [0.29, 0.717) is 12.1 Å². The van der Waals surface area contributed by atoms with Crippen LogP contribution in [0.15, 0.2) is 12.1 Å². The van der Waals surface area contributed by atoms with Crippen LogP contribution in [-0.2, 0) is 0 Å². The second kappa shape index (κ2) is 4.85. The van der Waals surface area contributed by atoms with E-state index in [1.807, 2.05) is 0 Å². The Bertz CT molecular complexity index is 484. The first kappa shape index (κ1) is 15.5. The molecule has 0 unspecified atom stereocenters. The van der Waals surface area contributed by atoms with Crippen LogP contribution >= 0.6 is 0 Å². The minimum absolute atomic E-state index is 0.353. The maximum atomic E-state index is 13.0. The Labute approximate surface area is 109 Å². The Morgan fingerprint density at radius 2 is 1.53 bits per heavy atom. The van der Waals surface area contributed by atoms with E-state index in [0.717, 1.165) is 0 Å². The fourth-order valence-corrected chi connectivity index (χ4v) is 1.20. The number of benzene rings is 1. The van der Waals surface area contributed by atoms with E-state index >= 15 is 0 Å². The molecule has 1 aromatic carbocycles. The Kier molecular flexibility index (Phi) is 3.95. The average Bonchev–Trinajstić information content (AvgIpc) is 2.22. The molecular formula is C13H16F3NO2. The summed E-state index contributed by atoms with van der Waals surface area (Å²) in [5.74, 6) is -5.30. The zero-order valence-corrected chi connectivity index (χ0v) is 11.1. The number of amides is 1. The molecule has 1 aromatic rings. The molecule has 6 heteroatoms. The molecule has 0 saturated heterocycles. The van der Waals surface area contributed by atoms with Crippen LogP contribution in [-0.4, -0.2) is 22.2 Å². The van der Waals surface area contributed by atoms with Crippen molar-refractivity contribution in [3.63, 3.8) is 0 Å². The average molecular weight is 275 g/mol. The summed E-state index contributed by atoms with van der Waals surface area (Å²) in [6, 6.07) is 1.21. The van der Waals surface area contributed by atoms with Crippen molar-refractivity contribution in [1.82, 2.24) is 5.32 Å². The number of halogens is 3. The molecule has 106 valence electrons. The van der Waals surface area contributed by atoms with Crippen molar-refractivity contribution in [2.75, 3.05) is 0 Å². The Morgan fingerprint density at radius 3 is 1.89 bits per heavy atom. The van der Waals surface area contributed by atoms with Crippen LogP contribution < -0.4 is 5.32 Å². The number of carbonyl (C=O) groups is 1. The highest BCUT2D eigenvalue weighted by atomic mass is 19.2. The van der Waals surface area contributed by atoms with Gasteiger partial charge in [0.2, 0.25) is 0 Å². The molecule has 0 aromatic heterocycles. The first-order valence-electron chi connectivity index (χ1n) is 5.65. The van der Waals surface area contributed by atoms with Crippen molar-refractivity contribution in [2.45, 2.75) is 38.8 Å². The number of rotatable bonds is 3. The Morgan fingerprint density at radius 1 is 1.11 bits per heavy atom. The zero-order valence-electron chi connectivity index (χ0n) is 11.1. The van der Waals surface area contributed by atoms with Gasteiger partial charge in [0.15, 0.2) is 17.5 Å². The summed E-state index contributed by atoms with van der Waals surface area (Å²) in [7, 11) is 0. The van der Waals surface area contributed by atoms with Crippen LogP contribution in [0.5, 0.6) is 0 Å². The fourth-order valence-electron chi connectivity index (χ4n) is 1.20. The molecule has 2 N–H and O–H groups in total. The third kappa shape index (κ3) is 3.26. The molecule has 0 fully saturated rings. The summed E-state index contributed by atoms with van der Waals surface area (Å²) in [5, 5.41) is 12.3. The lowest BCUT2D eigenvalue weighted by Crippen LogP contribution is -2.57. The van der Waals surface area contributed by atoms with Crippen LogP contribution in [0.25, 0.3) is 0 Å². The molecule has 19 heavy (non-hydrogen) atoms. The first-order chi connectivity index (χ1) is 8.45. The van der Waals surface area contributed by atoms with Crippen molar-refractivity contribution in [3.8, 4) is 0 Å². The van der Waals surface area contributed by atoms with Gasteiger partial charge in [-0.2, -0.15) is 0 Å². The van der Waals surface area contributed by atoms with Gasteiger partial charge in [0.05, 0.1) is 11.1 Å². The normalized spacial score (nSPS) is 12.4. The van der Waals surface area contributed by atoms with Crippen molar-refractivity contribution >= 4 is 5.91 Å². The molecule has 0 bridgehead atoms. The van der Waals surface area contributed by atoms with Crippen molar-refractivity contribution in [1.29, 1.82) is 0 Å². The van der Waals surface area contributed by atoms with Gasteiger partial charge in [-0.25, -0.2) is 13.2 Å². The maximum Gasteiger partial charge on any atom is 0.252 e. The quantitative estimate of drug-likeness (QED) is 0.832. The van der Waals surface area contributed by atoms with Crippen LogP contribution in [0.3, 0.4) is 0 Å². The predicted molar refractivity (Wildman–Crippen MR) is 64.2 cm³/mol. The van der Waals surface area contributed by atoms with E-state index in [9.17, 15) is 23.1 Å². The zero-order chi connectivity index (χ0) is 15.0. The topological polar surface area (TPSA) is 49.3 Å². The molecule has 0 atom stereocenters. The summed E-state index contributed by atoms with van der Waals surface area (Å²) in [4.78, 5) is 11.8. The molecule has 0 aliphatic carbocycles. The number of aliphatic hydroxyl groups is 1. The summed E-state index contributed by atoms with van der Waals surface area (Å²) < 4.78 is 38.8. The van der Waals surface area contributed by atoms with Crippen molar-refractivity contribution in [3.05, 3.63) is 35.1 Å². The SMILES string of the molecule is CC(C)(O)C(C)(C)NC(=O)c1cc(F)c(F)c(F)c1. The van der Waals surface area contributed by atoms with Gasteiger partial charge in [0.25, 0.3) is 5.91 Å². The number of hydrogen-bond acceptors (Lipinski definition) is 2. The maximum absolute atomic E-state index is 13.0. The van der Waals surface area contributed by atoms with E-state index in [1.165, 1.54) is 13.8 Å². The molecule has 1 amide bonds. The van der Waals surface area contributed by atoms with Crippen molar-refractivity contribution in [2.24, 2.45) is 0 Å². The number of nitrogens with one attached hydrogen (secondary N) is 1. The largest absolute Gasteiger partial charge is 0.388 e. The van der Waals surface area contributed by atoms with Gasteiger partial charge in [-0.3, -0.25) is 4.79 Å². The third-order valence-corrected chi connectivity index (χ3v) is 3.20. The molecule has 1 rings (SSSR count). The first-order valence-corrected chi connectivity index (χ1v) is 5.65. The minimum atomic E-state index is -1.63. The Hall–Kier alpha value is -1.56. The lowest BCUT2D eigenvalue weighted by atomic mass is 9.85. The van der Waals surface area contributed by atoms with E-state index < -0.39 is 34.5 Å². The predicted octanol–water partition coefficient (Wildman–Crippen LogP) is 2.38. The third-order valence-electron chi connectivity index (χ3n) is 3.20. The highest BCUT2D eigenvalue weighted by Gasteiger charge is 2.36. The van der Waals surface area contributed by atoms with Crippen LogP contribution in [0.4, 0.5) is 13.2 Å². The van der Waals surface area contributed by atoms with Crippen LogP contribution in [0, 0.1) is 17.5 Å². The van der Waals surface area contributed by atoms with Crippen molar-refractivity contribution < 1.29 is 23.1 Å². The smallest absolute Gasteiger partial charge is 0.252 e. The van der Waals surface area contributed by atoms with Gasteiger partial charge in [-0.05, 0) is 39.8 Å². The summed E-state index contributed by atoms with van der Waals surface area (Å²) in [6.45, 7) is 6.08. The van der Waals surface area contributed by atoms with Gasteiger partial charge in [0, 0.05) is 5.56 Å². The highest BCUT2D eigenvalue weighted by molar-refractivity contribution is 5.94. The lowest BCUT2D eigenvalue weighted by molar-refractivity contribution is -0.00294. The van der Waals surface area contributed by atoms with Crippen LogP contribution in [0.2, 0.25) is 0 Å². The fraction of sp³-hybridized carbons (Fsp3) is 0.462. The minimum Gasteiger partial charge on any atom is -0.388 e. The highest BCUT2D eigenvalue weighted by Crippen LogP contribution is 2.21. The number of hydrogen-bond donors (Lipinski definition) is 2. The second-order valence-electron chi connectivity index (χ2n) is 5.39. The van der Waals surface area contributed by atoms with Gasteiger partial charge in [-0.15, -0.1) is 0 Å². The monoisotopic (exact) mass is 275 g/mol. The van der Waals surface area contributed by atoms with E-state index in [1.54, 1.807) is 13.8 Å². The molecule has 0 aliphatic rings. The van der Waals surface area contributed by atoms with E-state index in [2.05, 4.69) is 5.32 Å². The standard InChI is InChI=1S/C13H16F3NO2/c1-12(2,13(3,4)19)17-11(18)7-5-8(14)10(16)9(15)6-7/h5-6,19H,1-4H3,(H,17,18). The summed E-state index contributed by atoms with van der Waals surface area (Å²) in [5.41, 5.74) is -2.64. The molecular weight excluding hydrogens is 259 g/mol. The van der Waals surface area contributed by atoms with E-state index in [4.69, 9.17) is 0 Å². The second-order valence-corrected chi connectivity index (χ2v) is 5.39. The number of carbonyl (C=O) groups excluding carboxylic acids is 1. The lowest BCUT2D eigenvalue weighted by Gasteiger charge is -2.38. The van der Waals surface area contributed by atoms with Gasteiger partial charge in [0.1, 0.15) is 0 Å². The molecule has 0 saturated carbocycles. The molecule has 0 radical (unpaired) electrons. The summed E-state index contributed by atoms with van der Waals surface area (Å²) >= 11 is 0.